The van der Waals surface area contributed by atoms with Crippen LogP contribution in [-0.4, -0.2) is 79.8 Å². The predicted octanol–water partition coefficient (Wildman–Crippen LogP) is 1.22. The molecule has 1 N–H and O–H groups in total. The zero-order chi connectivity index (χ0) is 19.8. The second kappa shape index (κ2) is 10.9. The molecule has 8 nitrogen and oxygen atoms in total. The molecule has 0 atom stereocenters. The van der Waals surface area contributed by atoms with E-state index in [1.54, 1.807) is 7.11 Å². The third kappa shape index (κ3) is 5.53. The van der Waals surface area contributed by atoms with Crippen LogP contribution in [-0.2, 0) is 33.8 Å². The van der Waals surface area contributed by atoms with Crippen molar-refractivity contribution < 1.29 is 19.0 Å². The predicted molar refractivity (Wildman–Crippen MR) is 106 cm³/mol. The second-order valence-corrected chi connectivity index (χ2v) is 7.41. The highest BCUT2D eigenvalue weighted by Crippen LogP contribution is 2.21. The molecule has 0 bridgehead atoms. The largest absolute Gasteiger partial charge is 0.383 e. The molecule has 1 fully saturated rings. The van der Waals surface area contributed by atoms with Gasteiger partial charge in [-0.2, -0.15) is 5.10 Å². The van der Waals surface area contributed by atoms with E-state index in [9.17, 15) is 4.79 Å². The van der Waals surface area contributed by atoms with Gasteiger partial charge in [0.25, 0.3) is 5.91 Å². The summed E-state index contributed by atoms with van der Waals surface area (Å²) in [5.41, 5.74) is 2.49. The Hall–Kier alpha value is -1.48. The van der Waals surface area contributed by atoms with Crippen LogP contribution in [0.1, 0.15) is 47.9 Å². The van der Waals surface area contributed by atoms with Gasteiger partial charge < -0.3 is 24.4 Å². The Labute approximate surface area is 167 Å². The molecule has 0 spiro atoms. The summed E-state index contributed by atoms with van der Waals surface area (Å²) < 4.78 is 18.6. The Morgan fingerprint density at radius 1 is 1.32 bits per heavy atom. The average molecular weight is 395 g/mol. The lowest BCUT2D eigenvalue weighted by Crippen LogP contribution is -2.37. The number of hydrogen-bond donors (Lipinski definition) is 1. The van der Waals surface area contributed by atoms with Crippen LogP contribution in [0.3, 0.4) is 0 Å². The van der Waals surface area contributed by atoms with E-state index in [-0.39, 0.29) is 5.91 Å². The minimum atomic E-state index is -0.130. The van der Waals surface area contributed by atoms with E-state index in [1.807, 2.05) is 4.68 Å². The quantitative estimate of drug-likeness (QED) is 0.602. The molecule has 3 rings (SSSR count). The van der Waals surface area contributed by atoms with Crippen molar-refractivity contribution in [2.45, 2.75) is 51.9 Å². The Bertz CT molecular complexity index is 626. The number of fused-ring (bicyclic) bond motifs is 1. The van der Waals surface area contributed by atoms with Crippen LogP contribution in [0.2, 0.25) is 0 Å². The highest BCUT2D eigenvalue weighted by atomic mass is 16.5. The summed E-state index contributed by atoms with van der Waals surface area (Å²) in [6.07, 6.45) is 4.16. The summed E-state index contributed by atoms with van der Waals surface area (Å²) in [6, 6.07) is 0. The molecule has 1 aromatic heterocycles. The molecule has 2 aliphatic rings. The topological polar surface area (TPSA) is 77.9 Å². The lowest BCUT2D eigenvalue weighted by molar-refractivity contribution is 0.00782. The molecule has 3 heterocycles. The van der Waals surface area contributed by atoms with Crippen molar-refractivity contribution >= 4 is 5.91 Å². The number of amides is 1. The first kappa shape index (κ1) is 21.2. The summed E-state index contributed by atoms with van der Waals surface area (Å²) in [7, 11) is 1.67. The molecular formula is C20H34N4O4. The van der Waals surface area contributed by atoms with Crippen LogP contribution in [0, 0.1) is 0 Å². The van der Waals surface area contributed by atoms with Gasteiger partial charge in [-0.1, -0.05) is 6.92 Å². The Morgan fingerprint density at radius 3 is 2.89 bits per heavy atom. The van der Waals surface area contributed by atoms with Crippen LogP contribution in [0.15, 0.2) is 0 Å². The number of piperidine rings is 1. The van der Waals surface area contributed by atoms with E-state index in [1.165, 1.54) is 0 Å². The molecule has 0 aromatic carbocycles. The fourth-order valence-corrected chi connectivity index (χ4v) is 3.85. The molecule has 158 valence electrons. The van der Waals surface area contributed by atoms with Gasteiger partial charge in [-0.15, -0.1) is 0 Å². The van der Waals surface area contributed by atoms with Gasteiger partial charge >= 0.3 is 0 Å². The highest BCUT2D eigenvalue weighted by Gasteiger charge is 2.25. The van der Waals surface area contributed by atoms with E-state index in [0.717, 1.165) is 56.6 Å². The van der Waals surface area contributed by atoms with Crippen molar-refractivity contribution in [1.29, 1.82) is 0 Å². The summed E-state index contributed by atoms with van der Waals surface area (Å²) in [5.74, 6) is -0.130. The van der Waals surface area contributed by atoms with E-state index >= 15 is 0 Å². The summed E-state index contributed by atoms with van der Waals surface area (Å²) in [5, 5.41) is 7.51. The maximum Gasteiger partial charge on any atom is 0.272 e. The van der Waals surface area contributed by atoms with Crippen molar-refractivity contribution in [3.63, 3.8) is 0 Å². The first-order valence-corrected chi connectivity index (χ1v) is 10.5. The number of likely N-dealkylation sites (tertiary alicyclic amines) is 1. The van der Waals surface area contributed by atoms with Crippen molar-refractivity contribution in [1.82, 2.24) is 20.0 Å². The van der Waals surface area contributed by atoms with E-state index in [2.05, 4.69) is 22.2 Å². The first-order valence-electron chi connectivity index (χ1n) is 10.5. The number of nitrogens with one attached hydrogen (secondary N) is 1. The number of rotatable bonds is 10. The average Bonchev–Trinajstić information content (AvgIpc) is 3.11. The van der Waals surface area contributed by atoms with Gasteiger partial charge in [-0.25, -0.2) is 0 Å². The minimum Gasteiger partial charge on any atom is -0.383 e. The zero-order valence-electron chi connectivity index (χ0n) is 17.2. The number of carbonyl (C=O) groups is 1. The third-order valence-corrected chi connectivity index (χ3v) is 5.56. The Kier molecular flexibility index (Phi) is 8.27. The minimum absolute atomic E-state index is 0.130. The Morgan fingerprint density at radius 2 is 2.14 bits per heavy atom. The standard InChI is InChI=1S/C20H34N4O4/c1-3-23-9-5-16(6-10-23)28-12-4-8-21-20(25)19-17-15-27-13-7-18(17)24(22-19)11-14-26-2/h16H,3-15H2,1-2H3,(H,21,25). The van der Waals surface area contributed by atoms with Gasteiger partial charge in [0.15, 0.2) is 5.69 Å². The number of hydrogen-bond acceptors (Lipinski definition) is 6. The molecule has 28 heavy (non-hydrogen) atoms. The van der Waals surface area contributed by atoms with Crippen molar-refractivity contribution in [3.8, 4) is 0 Å². The third-order valence-electron chi connectivity index (χ3n) is 5.56. The van der Waals surface area contributed by atoms with Gasteiger partial charge in [-0.3, -0.25) is 9.48 Å². The lowest BCUT2D eigenvalue weighted by Gasteiger charge is -2.30. The van der Waals surface area contributed by atoms with E-state index in [0.29, 0.717) is 51.3 Å². The Balaban J connectivity index is 1.42. The molecule has 1 amide bonds. The first-order chi connectivity index (χ1) is 13.7. The molecule has 0 saturated carbocycles. The number of ether oxygens (including phenoxy) is 3. The van der Waals surface area contributed by atoms with E-state index in [4.69, 9.17) is 14.2 Å². The van der Waals surface area contributed by atoms with Crippen LogP contribution in [0.25, 0.3) is 0 Å². The molecule has 1 aromatic rings. The fraction of sp³-hybridized carbons (Fsp3) is 0.800. The number of carbonyl (C=O) groups excluding carboxylic acids is 1. The second-order valence-electron chi connectivity index (χ2n) is 7.41. The summed E-state index contributed by atoms with van der Waals surface area (Å²) >= 11 is 0. The van der Waals surface area contributed by atoms with Crippen molar-refractivity contribution in [2.24, 2.45) is 0 Å². The van der Waals surface area contributed by atoms with Crippen LogP contribution in [0.4, 0.5) is 0 Å². The smallest absolute Gasteiger partial charge is 0.272 e. The van der Waals surface area contributed by atoms with Gasteiger partial charge in [0.1, 0.15) is 0 Å². The molecule has 2 aliphatic heterocycles. The molecule has 8 heteroatoms. The number of nitrogens with zero attached hydrogens (tertiary/aromatic N) is 3. The van der Waals surface area contributed by atoms with Gasteiger partial charge in [0, 0.05) is 51.0 Å². The lowest BCUT2D eigenvalue weighted by atomic mass is 10.1. The zero-order valence-corrected chi connectivity index (χ0v) is 17.2. The SMILES string of the molecule is CCN1CCC(OCCCNC(=O)c2nn(CCOC)c3c2COCC3)CC1. The van der Waals surface area contributed by atoms with Crippen molar-refractivity contribution in [3.05, 3.63) is 17.0 Å². The van der Waals surface area contributed by atoms with Gasteiger partial charge in [0.05, 0.1) is 32.5 Å². The summed E-state index contributed by atoms with van der Waals surface area (Å²) in [4.78, 5) is 15.1. The van der Waals surface area contributed by atoms with Crippen molar-refractivity contribution in [2.75, 3.05) is 53.1 Å². The monoisotopic (exact) mass is 394 g/mol. The normalized spacial score (nSPS) is 18.2. The molecule has 0 unspecified atom stereocenters. The molecule has 0 aliphatic carbocycles. The van der Waals surface area contributed by atoms with E-state index < -0.39 is 0 Å². The molecule has 0 radical (unpaired) electrons. The highest BCUT2D eigenvalue weighted by molar-refractivity contribution is 5.94. The van der Waals surface area contributed by atoms with Gasteiger partial charge in [0.2, 0.25) is 0 Å². The summed E-state index contributed by atoms with van der Waals surface area (Å²) in [6.45, 7) is 9.18. The van der Waals surface area contributed by atoms with Crippen LogP contribution >= 0.6 is 0 Å². The maximum atomic E-state index is 12.6. The van der Waals surface area contributed by atoms with Gasteiger partial charge in [-0.05, 0) is 25.8 Å². The number of methoxy groups -OCH3 is 1. The molecular weight excluding hydrogens is 360 g/mol. The number of aromatic nitrogens is 2. The maximum absolute atomic E-state index is 12.6. The van der Waals surface area contributed by atoms with Crippen LogP contribution in [0.5, 0.6) is 0 Å². The van der Waals surface area contributed by atoms with Crippen LogP contribution < -0.4 is 5.32 Å². The molecule has 1 saturated heterocycles. The fourth-order valence-electron chi connectivity index (χ4n) is 3.85.